The van der Waals surface area contributed by atoms with Crippen molar-refractivity contribution in [2.45, 2.75) is 72.1 Å². The summed E-state index contributed by atoms with van der Waals surface area (Å²) in [6.45, 7) is 20.2. The first-order chi connectivity index (χ1) is 14.2. The van der Waals surface area contributed by atoms with Crippen LogP contribution in [-0.2, 0) is 9.96 Å². The van der Waals surface area contributed by atoms with E-state index in [4.69, 9.17) is 4.43 Å². The monoisotopic (exact) mass is 441 g/mol. The molecule has 0 heterocycles. The maximum Gasteiger partial charge on any atom is 0.254 e. The molecule has 5 heteroatoms. The first kappa shape index (κ1) is 25.2. The summed E-state index contributed by atoms with van der Waals surface area (Å²) in [7, 11) is -1.92. The second-order valence-corrected chi connectivity index (χ2v) is 15.3. The van der Waals surface area contributed by atoms with Crippen LogP contribution in [0.15, 0.2) is 42.5 Å². The van der Waals surface area contributed by atoms with E-state index in [1.165, 1.54) is 0 Å². The van der Waals surface area contributed by atoms with Gasteiger partial charge in [-0.3, -0.25) is 4.79 Å². The zero-order chi connectivity index (χ0) is 23.6. The fourth-order valence-electron chi connectivity index (χ4n) is 3.38. The number of rotatable bonds is 7. The number of aromatic hydroxyl groups is 1. The van der Waals surface area contributed by atoms with Crippen molar-refractivity contribution in [2.75, 3.05) is 13.2 Å². The molecule has 0 saturated heterocycles. The SMILES string of the molecule is Cc1ccc(C)c(C(=O)N(CCO[Si](C)(C)C(C)(C)C)C(C)(C)c2ccc(O)cc2)c1. The van der Waals surface area contributed by atoms with E-state index in [1.54, 1.807) is 12.1 Å². The smallest absolute Gasteiger partial charge is 0.254 e. The molecule has 2 aromatic carbocycles. The number of carbonyl (C=O) groups excluding carboxylic acids is 1. The Balaban J connectivity index is 2.40. The summed E-state index contributed by atoms with van der Waals surface area (Å²) in [5.41, 5.74) is 3.15. The highest BCUT2D eigenvalue weighted by atomic mass is 28.4. The lowest BCUT2D eigenvalue weighted by atomic mass is 9.90. The average Bonchev–Trinajstić information content (AvgIpc) is 2.66. The average molecular weight is 442 g/mol. The molecule has 0 unspecified atom stereocenters. The van der Waals surface area contributed by atoms with Gasteiger partial charge >= 0.3 is 0 Å². The largest absolute Gasteiger partial charge is 0.508 e. The highest BCUT2D eigenvalue weighted by Crippen LogP contribution is 2.37. The van der Waals surface area contributed by atoms with Crippen molar-refractivity contribution in [3.05, 3.63) is 64.7 Å². The standard InChI is InChI=1S/C26H39NO3Si/c1-19-10-11-20(2)23(18-19)24(29)27(16-17-30-31(8,9)25(3,4)5)26(6,7)21-12-14-22(28)15-13-21/h10-15,18,28H,16-17H2,1-9H3. The molecule has 0 spiro atoms. The minimum atomic E-state index is -1.92. The van der Waals surface area contributed by atoms with Gasteiger partial charge in [-0.25, -0.2) is 0 Å². The molecule has 170 valence electrons. The van der Waals surface area contributed by atoms with Crippen molar-refractivity contribution in [1.82, 2.24) is 4.90 Å². The van der Waals surface area contributed by atoms with Crippen LogP contribution in [0.3, 0.4) is 0 Å². The van der Waals surface area contributed by atoms with Crippen molar-refractivity contribution in [3.8, 4) is 5.75 Å². The second kappa shape index (κ2) is 9.17. The van der Waals surface area contributed by atoms with E-state index in [0.717, 1.165) is 22.3 Å². The van der Waals surface area contributed by atoms with Gasteiger partial charge in [-0.1, -0.05) is 50.6 Å². The van der Waals surface area contributed by atoms with Gasteiger partial charge in [0.15, 0.2) is 8.32 Å². The summed E-state index contributed by atoms with van der Waals surface area (Å²) in [5.74, 6) is 0.214. The van der Waals surface area contributed by atoms with Gasteiger partial charge < -0.3 is 14.4 Å². The summed E-state index contributed by atoms with van der Waals surface area (Å²) in [4.78, 5) is 15.7. The number of carbonyl (C=O) groups is 1. The van der Waals surface area contributed by atoms with Gasteiger partial charge in [0.05, 0.1) is 12.1 Å². The van der Waals surface area contributed by atoms with Crippen LogP contribution in [0.4, 0.5) is 0 Å². The molecule has 4 nitrogen and oxygen atoms in total. The Labute approximate surface area is 189 Å². The van der Waals surface area contributed by atoms with Crippen LogP contribution >= 0.6 is 0 Å². The van der Waals surface area contributed by atoms with E-state index < -0.39 is 13.9 Å². The maximum absolute atomic E-state index is 13.8. The molecular formula is C26H39NO3Si. The molecule has 1 N–H and O–H groups in total. The zero-order valence-corrected chi connectivity index (χ0v) is 21.7. The molecular weight excluding hydrogens is 402 g/mol. The first-order valence-electron chi connectivity index (χ1n) is 11.0. The van der Waals surface area contributed by atoms with E-state index in [9.17, 15) is 9.90 Å². The second-order valence-electron chi connectivity index (χ2n) is 10.5. The van der Waals surface area contributed by atoms with E-state index in [-0.39, 0.29) is 16.7 Å². The van der Waals surface area contributed by atoms with Crippen molar-refractivity contribution in [3.63, 3.8) is 0 Å². The third-order valence-electron chi connectivity index (χ3n) is 6.70. The van der Waals surface area contributed by atoms with Crippen molar-refractivity contribution < 1.29 is 14.3 Å². The quantitative estimate of drug-likeness (QED) is 0.505. The molecule has 0 atom stereocenters. The van der Waals surface area contributed by atoms with Crippen LogP contribution in [0, 0.1) is 13.8 Å². The number of phenols is 1. The Morgan fingerprint density at radius 1 is 1.00 bits per heavy atom. The zero-order valence-electron chi connectivity index (χ0n) is 20.7. The molecule has 1 amide bonds. The Hall–Kier alpha value is -2.11. The highest BCUT2D eigenvalue weighted by Gasteiger charge is 2.38. The van der Waals surface area contributed by atoms with Crippen LogP contribution in [0.5, 0.6) is 5.75 Å². The van der Waals surface area contributed by atoms with E-state index in [2.05, 4.69) is 47.7 Å². The van der Waals surface area contributed by atoms with E-state index in [0.29, 0.717) is 13.2 Å². The Morgan fingerprint density at radius 2 is 1.58 bits per heavy atom. The predicted molar refractivity (Wildman–Crippen MR) is 131 cm³/mol. The maximum atomic E-state index is 13.8. The summed E-state index contributed by atoms with van der Waals surface area (Å²) in [6.07, 6.45) is 0. The van der Waals surface area contributed by atoms with Gasteiger partial charge in [0.25, 0.3) is 5.91 Å². The highest BCUT2D eigenvalue weighted by molar-refractivity contribution is 6.74. The third-order valence-corrected chi connectivity index (χ3v) is 11.2. The van der Waals surface area contributed by atoms with Crippen molar-refractivity contribution in [2.24, 2.45) is 0 Å². The molecule has 0 fully saturated rings. The minimum Gasteiger partial charge on any atom is -0.508 e. The normalized spacial score (nSPS) is 12.7. The van der Waals surface area contributed by atoms with Gasteiger partial charge in [0.1, 0.15) is 5.75 Å². The van der Waals surface area contributed by atoms with E-state index >= 15 is 0 Å². The van der Waals surface area contributed by atoms with Crippen LogP contribution in [0.1, 0.15) is 61.7 Å². The number of nitrogens with zero attached hydrogens (tertiary/aromatic N) is 1. The van der Waals surface area contributed by atoms with Gasteiger partial charge in [0, 0.05) is 12.1 Å². The Morgan fingerprint density at radius 3 is 2.13 bits per heavy atom. The molecule has 31 heavy (non-hydrogen) atoms. The van der Waals surface area contributed by atoms with Crippen LogP contribution in [0.25, 0.3) is 0 Å². The van der Waals surface area contributed by atoms with Crippen molar-refractivity contribution >= 4 is 14.2 Å². The molecule has 0 aliphatic rings. The number of hydrogen-bond acceptors (Lipinski definition) is 3. The molecule has 0 radical (unpaired) electrons. The van der Waals surface area contributed by atoms with Gasteiger partial charge in [-0.15, -0.1) is 0 Å². The molecule has 0 bridgehead atoms. The molecule has 0 saturated carbocycles. The molecule has 2 aromatic rings. The lowest BCUT2D eigenvalue weighted by molar-refractivity contribution is 0.0486. The van der Waals surface area contributed by atoms with E-state index in [1.807, 2.05) is 49.1 Å². The van der Waals surface area contributed by atoms with Crippen LogP contribution in [0.2, 0.25) is 18.1 Å². The fraction of sp³-hybridized carbons (Fsp3) is 0.500. The molecule has 0 aromatic heterocycles. The van der Waals surface area contributed by atoms with Gasteiger partial charge in [-0.2, -0.15) is 0 Å². The number of aryl methyl sites for hydroxylation is 2. The summed E-state index contributed by atoms with van der Waals surface area (Å²) < 4.78 is 6.42. The summed E-state index contributed by atoms with van der Waals surface area (Å²) in [6, 6.07) is 13.1. The summed E-state index contributed by atoms with van der Waals surface area (Å²) in [5, 5.41) is 9.84. The van der Waals surface area contributed by atoms with Gasteiger partial charge in [-0.05, 0) is 75.2 Å². The molecule has 2 rings (SSSR count). The lowest BCUT2D eigenvalue weighted by Gasteiger charge is -2.41. The van der Waals surface area contributed by atoms with Crippen LogP contribution in [-0.4, -0.2) is 37.4 Å². The third kappa shape index (κ3) is 5.77. The topological polar surface area (TPSA) is 49.8 Å². The van der Waals surface area contributed by atoms with Crippen LogP contribution < -0.4 is 0 Å². The number of phenolic OH excluding ortho intramolecular Hbond substituents is 1. The minimum absolute atomic E-state index is 0.00175. The Kier molecular flexibility index (Phi) is 7.44. The Bertz CT molecular complexity index is 911. The molecule has 0 aliphatic carbocycles. The summed E-state index contributed by atoms with van der Waals surface area (Å²) >= 11 is 0. The number of hydrogen-bond donors (Lipinski definition) is 1. The number of benzene rings is 2. The fourth-order valence-corrected chi connectivity index (χ4v) is 4.41. The lowest BCUT2D eigenvalue weighted by Crippen LogP contribution is -2.49. The number of amides is 1. The first-order valence-corrected chi connectivity index (χ1v) is 13.9. The van der Waals surface area contributed by atoms with Gasteiger partial charge in [0.2, 0.25) is 0 Å². The predicted octanol–water partition coefficient (Wildman–Crippen LogP) is 6.41. The molecule has 0 aliphatic heterocycles. The van der Waals surface area contributed by atoms with Crippen molar-refractivity contribution in [1.29, 1.82) is 0 Å².